The van der Waals surface area contributed by atoms with Crippen LogP contribution in [0, 0.1) is 0 Å². The predicted molar refractivity (Wildman–Crippen MR) is 108 cm³/mol. The SMILES string of the molecule is NCCCC[C@H](NC(=O)[C@@H](N)Cc1ccc(-c2ccccc2)cc1)C(N)=O. The van der Waals surface area contributed by atoms with Crippen LogP contribution in [0.15, 0.2) is 54.6 Å². The number of amides is 2. The van der Waals surface area contributed by atoms with Gasteiger partial charge in [-0.25, -0.2) is 0 Å². The van der Waals surface area contributed by atoms with Gasteiger partial charge in [0.1, 0.15) is 6.04 Å². The van der Waals surface area contributed by atoms with E-state index in [1.165, 1.54) is 0 Å². The summed E-state index contributed by atoms with van der Waals surface area (Å²) >= 11 is 0. The number of nitrogens with two attached hydrogens (primary N) is 3. The van der Waals surface area contributed by atoms with Crippen LogP contribution in [0.1, 0.15) is 24.8 Å². The number of hydrogen-bond acceptors (Lipinski definition) is 4. The van der Waals surface area contributed by atoms with E-state index in [2.05, 4.69) is 5.32 Å². The van der Waals surface area contributed by atoms with E-state index in [9.17, 15) is 9.59 Å². The molecule has 2 amide bonds. The molecule has 0 radical (unpaired) electrons. The molecule has 2 aromatic rings. The van der Waals surface area contributed by atoms with E-state index in [1.54, 1.807) is 0 Å². The topological polar surface area (TPSA) is 124 Å². The standard InChI is InChI=1S/C21H28N4O2/c22-13-5-4-8-19(20(24)26)25-21(27)18(23)14-15-9-11-17(12-10-15)16-6-2-1-3-7-16/h1-3,6-7,9-12,18-19H,4-5,8,13-14,22-23H2,(H2,24,26)(H,25,27)/t18-,19-/m0/s1. The molecule has 144 valence electrons. The van der Waals surface area contributed by atoms with Gasteiger partial charge in [-0.05, 0) is 48.9 Å². The van der Waals surface area contributed by atoms with Crippen LogP contribution in [0.5, 0.6) is 0 Å². The summed E-state index contributed by atoms with van der Waals surface area (Å²) in [5, 5.41) is 2.65. The molecule has 2 aromatic carbocycles. The van der Waals surface area contributed by atoms with Gasteiger partial charge in [0.15, 0.2) is 0 Å². The molecule has 0 fully saturated rings. The molecule has 0 saturated heterocycles. The molecule has 6 nitrogen and oxygen atoms in total. The van der Waals surface area contributed by atoms with Crippen molar-refractivity contribution in [1.29, 1.82) is 0 Å². The molecule has 2 rings (SSSR count). The number of hydrogen-bond donors (Lipinski definition) is 4. The molecule has 0 aliphatic rings. The lowest BCUT2D eigenvalue weighted by atomic mass is 10.0. The third kappa shape index (κ3) is 6.51. The minimum Gasteiger partial charge on any atom is -0.368 e. The van der Waals surface area contributed by atoms with Crippen molar-refractivity contribution in [2.75, 3.05) is 6.54 Å². The fraction of sp³-hybridized carbons (Fsp3) is 0.333. The molecule has 7 N–H and O–H groups in total. The predicted octanol–water partition coefficient (Wildman–Crippen LogP) is 1.32. The number of nitrogens with one attached hydrogen (secondary N) is 1. The van der Waals surface area contributed by atoms with Crippen molar-refractivity contribution in [2.45, 2.75) is 37.8 Å². The van der Waals surface area contributed by atoms with Crippen LogP contribution < -0.4 is 22.5 Å². The van der Waals surface area contributed by atoms with E-state index in [1.807, 2.05) is 54.6 Å². The fourth-order valence-electron chi connectivity index (χ4n) is 2.87. The highest BCUT2D eigenvalue weighted by Crippen LogP contribution is 2.19. The van der Waals surface area contributed by atoms with Gasteiger partial charge in [-0.15, -0.1) is 0 Å². The molecule has 0 aliphatic carbocycles. The molecule has 0 aliphatic heterocycles. The number of carbonyl (C=O) groups is 2. The third-order valence-electron chi connectivity index (χ3n) is 4.46. The first-order chi connectivity index (χ1) is 13.0. The van der Waals surface area contributed by atoms with Crippen molar-refractivity contribution in [3.8, 4) is 11.1 Å². The van der Waals surface area contributed by atoms with Gasteiger partial charge in [-0.2, -0.15) is 0 Å². The number of carbonyl (C=O) groups excluding carboxylic acids is 2. The molecule has 0 bridgehead atoms. The van der Waals surface area contributed by atoms with Crippen LogP contribution >= 0.6 is 0 Å². The maximum Gasteiger partial charge on any atom is 0.240 e. The van der Waals surface area contributed by atoms with Crippen molar-refractivity contribution in [3.05, 3.63) is 60.2 Å². The van der Waals surface area contributed by atoms with E-state index in [0.717, 1.165) is 29.5 Å². The Hall–Kier alpha value is -2.70. The lowest BCUT2D eigenvalue weighted by Gasteiger charge is -2.18. The molecular weight excluding hydrogens is 340 g/mol. The Morgan fingerprint density at radius 3 is 2.15 bits per heavy atom. The maximum atomic E-state index is 12.3. The van der Waals surface area contributed by atoms with Crippen molar-refractivity contribution < 1.29 is 9.59 Å². The van der Waals surface area contributed by atoms with E-state index in [0.29, 0.717) is 19.4 Å². The van der Waals surface area contributed by atoms with Gasteiger partial charge in [-0.3, -0.25) is 9.59 Å². The summed E-state index contributed by atoms with van der Waals surface area (Å²) < 4.78 is 0. The average Bonchev–Trinajstić information content (AvgIpc) is 2.68. The number of rotatable bonds is 10. The van der Waals surface area contributed by atoms with Gasteiger partial charge in [0.2, 0.25) is 11.8 Å². The lowest BCUT2D eigenvalue weighted by molar-refractivity contribution is -0.128. The Morgan fingerprint density at radius 2 is 1.56 bits per heavy atom. The van der Waals surface area contributed by atoms with E-state index < -0.39 is 18.0 Å². The molecule has 27 heavy (non-hydrogen) atoms. The van der Waals surface area contributed by atoms with Gasteiger partial charge in [0, 0.05) is 0 Å². The monoisotopic (exact) mass is 368 g/mol. The molecular formula is C21H28N4O2. The molecule has 2 atom stereocenters. The highest BCUT2D eigenvalue weighted by molar-refractivity contribution is 5.89. The third-order valence-corrected chi connectivity index (χ3v) is 4.46. The number of primary amides is 1. The van der Waals surface area contributed by atoms with Crippen molar-refractivity contribution in [1.82, 2.24) is 5.32 Å². The Morgan fingerprint density at radius 1 is 0.926 bits per heavy atom. The highest BCUT2D eigenvalue weighted by Gasteiger charge is 2.21. The summed E-state index contributed by atoms with van der Waals surface area (Å²) in [6.07, 6.45) is 2.35. The number of benzene rings is 2. The first-order valence-corrected chi connectivity index (χ1v) is 9.21. The summed E-state index contributed by atoms with van der Waals surface area (Å²) in [6, 6.07) is 16.5. The van der Waals surface area contributed by atoms with E-state index in [4.69, 9.17) is 17.2 Å². The first kappa shape index (κ1) is 20.6. The average molecular weight is 368 g/mol. The molecule has 6 heteroatoms. The smallest absolute Gasteiger partial charge is 0.240 e. The highest BCUT2D eigenvalue weighted by atomic mass is 16.2. The minimum absolute atomic E-state index is 0.376. The van der Waals surface area contributed by atoms with Crippen LogP contribution in [0.25, 0.3) is 11.1 Å². The lowest BCUT2D eigenvalue weighted by Crippen LogP contribution is -2.51. The second-order valence-corrected chi connectivity index (χ2v) is 6.62. The van der Waals surface area contributed by atoms with Gasteiger partial charge in [-0.1, -0.05) is 54.6 Å². The van der Waals surface area contributed by atoms with Crippen molar-refractivity contribution >= 4 is 11.8 Å². The summed E-state index contributed by atoms with van der Waals surface area (Å²) in [5.74, 6) is -0.932. The Kier molecular flexibility index (Phi) is 7.98. The molecule has 0 unspecified atom stereocenters. The zero-order valence-electron chi connectivity index (χ0n) is 15.4. The van der Waals surface area contributed by atoms with E-state index in [-0.39, 0.29) is 5.91 Å². The second kappa shape index (κ2) is 10.4. The van der Waals surface area contributed by atoms with Gasteiger partial charge < -0.3 is 22.5 Å². The van der Waals surface area contributed by atoms with Crippen LogP contribution in [-0.2, 0) is 16.0 Å². The second-order valence-electron chi connectivity index (χ2n) is 6.62. The maximum absolute atomic E-state index is 12.3. The number of unbranched alkanes of at least 4 members (excludes halogenated alkanes) is 1. The molecule has 0 spiro atoms. The van der Waals surface area contributed by atoms with Gasteiger partial charge in [0.25, 0.3) is 0 Å². The zero-order chi connectivity index (χ0) is 19.6. The summed E-state index contributed by atoms with van der Waals surface area (Å²) in [4.78, 5) is 23.8. The zero-order valence-corrected chi connectivity index (χ0v) is 15.4. The Bertz CT molecular complexity index is 732. The largest absolute Gasteiger partial charge is 0.368 e. The van der Waals surface area contributed by atoms with Crippen LogP contribution in [0.2, 0.25) is 0 Å². The normalized spacial score (nSPS) is 13.0. The van der Waals surface area contributed by atoms with Crippen molar-refractivity contribution in [3.63, 3.8) is 0 Å². The fourth-order valence-corrected chi connectivity index (χ4v) is 2.87. The molecule has 0 saturated carbocycles. The van der Waals surface area contributed by atoms with Gasteiger partial charge >= 0.3 is 0 Å². The Labute approximate surface area is 160 Å². The minimum atomic E-state index is -0.746. The van der Waals surface area contributed by atoms with E-state index >= 15 is 0 Å². The molecule has 0 aromatic heterocycles. The van der Waals surface area contributed by atoms with Gasteiger partial charge in [0.05, 0.1) is 6.04 Å². The first-order valence-electron chi connectivity index (χ1n) is 9.21. The summed E-state index contributed by atoms with van der Waals surface area (Å²) in [7, 11) is 0. The van der Waals surface area contributed by atoms with Crippen LogP contribution in [-0.4, -0.2) is 30.4 Å². The van der Waals surface area contributed by atoms with Crippen molar-refractivity contribution in [2.24, 2.45) is 17.2 Å². The quantitative estimate of drug-likeness (QED) is 0.472. The summed E-state index contributed by atoms with van der Waals surface area (Å²) in [6.45, 7) is 0.540. The summed E-state index contributed by atoms with van der Waals surface area (Å²) in [5.41, 5.74) is 20.0. The Balaban J connectivity index is 1.92. The van der Waals surface area contributed by atoms with Crippen LogP contribution in [0.3, 0.4) is 0 Å². The molecule has 0 heterocycles. The van der Waals surface area contributed by atoms with Crippen LogP contribution in [0.4, 0.5) is 0 Å².